The van der Waals surface area contributed by atoms with E-state index < -0.39 is 0 Å². The van der Waals surface area contributed by atoms with E-state index in [0.29, 0.717) is 11.3 Å². The molecule has 1 atom stereocenters. The highest BCUT2D eigenvalue weighted by atomic mass is 14.4. The van der Waals surface area contributed by atoms with Gasteiger partial charge in [0.25, 0.3) is 0 Å². The zero-order valence-electron chi connectivity index (χ0n) is 9.10. The number of allylic oxidation sites excluding steroid dienone is 1. The van der Waals surface area contributed by atoms with Gasteiger partial charge in [0, 0.05) is 0 Å². The summed E-state index contributed by atoms with van der Waals surface area (Å²) < 4.78 is 0. The number of hydrogen-bond acceptors (Lipinski definition) is 0. The predicted octanol–water partition coefficient (Wildman–Crippen LogP) is 3.67. The Morgan fingerprint density at radius 1 is 1.38 bits per heavy atom. The van der Waals surface area contributed by atoms with Crippen molar-refractivity contribution in [2.75, 3.05) is 0 Å². The van der Waals surface area contributed by atoms with E-state index in [0.717, 1.165) is 11.9 Å². The van der Waals surface area contributed by atoms with Gasteiger partial charge in [-0.3, -0.25) is 0 Å². The van der Waals surface area contributed by atoms with Gasteiger partial charge in [-0.15, -0.1) is 12.1 Å². The molecule has 0 aromatic carbocycles. The molecule has 1 saturated carbocycles. The fraction of sp³-hybridized carbons (Fsp3) is 0.833. The van der Waals surface area contributed by atoms with E-state index in [-0.39, 0.29) is 0 Å². The van der Waals surface area contributed by atoms with Crippen LogP contribution >= 0.6 is 0 Å². The average Bonchev–Trinajstić information content (AvgIpc) is 2.05. The maximum Gasteiger partial charge on any atom is 0.107 e. The van der Waals surface area contributed by atoms with E-state index in [4.69, 9.17) is 7.85 Å². The van der Waals surface area contributed by atoms with Crippen LogP contribution in [0.1, 0.15) is 52.4 Å². The van der Waals surface area contributed by atoms with Crippen LogP contribution in [0.25, 0.3) is 0 Å². The Bertz CT molecular complexity index is 178. The lowest BCUT2D eigenvalue weighted by atomic mass is 9.61. The van der Waals surface area contributed by atoms with Crippen LogP contribution < -0.4 is 0 Å². The van der Waals surface area contributed by atoms with Gasteiger partial charge in [-0.1, -0.05) is 33.1 Å². The minimum Gasteiger partial charge on any atom is -0.121 e. The molecule has 0 aromatic rings. The zero-order valence-corrected chi connectivity index (χ0v) is 9.10. The molecule has 1 heteroatoms. The molecule has 1 fully saturated rings. The smallest absolute Gasteiger partial charge is 0.107 e. The molecule has 1 unspecified atom stereocenters. The van der Waals surface area contributed by atoms with Crippen molar-refractivity contribution in [3.63, 3.8) is 0 Å². The normalized spacial score (nSPS) is 23.8. The van der Waals surface area contributed by atoms with Crippen molar-refractivity contribution in [2.24, 2.45) is 11.3 Å². The second kappa shape index (κ2) is 4.35. The van der Waals surface area contributed by atoms with E-state index >= 15 is 0 Å². The van der Waals surface area contributed by atoms with Crippen molar-refractivity contribution < 1.29 is 0 Å². The minimum atomic E-state index is 0.443. The first-order valence-electron chi connectivity index (χ1n) is 5.54. The molecule has 2 radical (unpaired) electrons. The summed E-state index contributed by atoms with van der Waals surface area (Å²) >= 11 is 0. The molecular weight excluding hydrogens is 155 g/mol. The van der Waals surface area contributed by atoms with Gasteiger partial charge in [0.05, 0.1) is 0 Å². The molecule has 0 amide bonds. The molecule has 1 rings (SSSR count). The Hall–Kier alpha value is -0.195. The lowest BCUT2D eigenvalue weighted by Crippen LogP contribution is -2.30. The van der Waals surface area contributed by atoms with Crippen LogP contribution in [0.2, 0.25) is 0 Å². The highest BCUT2D eigenvalue weighted by molar-refractivity contribution is 6.21. The fourth-order valence-corrected chi connectivity index (χ4v) is 2.91. The zero-order chi connectivity index (χ0) is 9.90. The van der Waals surface area contributed by atoms with Crippen molar-refractivity contribution in [1.82, 2.24) is 0 Å². The van der Waals surface area contributed by atoms with Crippen LogP contribution in [-0.2, 0) is 0 Å². The lowest BCUT2D eigenvalue weighted by molar-refractivity contribution is 0.143. The van der Waals surface area contributed by atoms with Gasteiger partial charge in [0.15, 0.2) is 0 Å². The van der Waals surface area contributed by atoms with Crippen molar-refractivity contribution in [2.45, 2.75) is 52.4 Å². The van der Waals surface area contributed by atoms with E-state index in [1.807, 2.05) is 0 Å². The van der Waals surface area contributed by atoms with Gasteiger partial charge in [0.1, 0.15) is 7.85 Å². The summed E-state index contributed by atoms with van der Waals surface area (Å²) in [5.74, 6) is 0.535. The average molecular weight is 176 g/mol. The Balaban J connectivity index is 2.68. The summed E-state index contributed by atoms with van der Waals surface area (Å²) in [5.41, 5.74) is 1.34. The van der Waals surface area contributed by atoms with Gasteiger partial charge in [-0.25, -0.2) is 0 Å². The monoisotopic (exact) mass is 176 g/mol. The third-order valence-corrected chi connectivity index (χ3v) is 3.69. The molecule has 1 aliphatic carbocycles. The summed E-state index contributed by atoms with van der Waals surface area (Å²) in [6.07, 6.45) is 7.97. The van der Waals surface area contributed by atoms with E-state index in [1.54, 1.807) is 0 Å². The molecule has 0 nitrogen and oxygen atoms in total. The molecule has 0 bridgehead atoms. The summed E-state index contributed by atoms with van der Waals surface area (Å²) in [7, 11) is 5.87. The Morgan fingerprint density at radius 2 is 1.92 bits per heavy atom. The Morgan fingerprint density at radius 3 is 2.31 bits per heavy atom. The quantitative estimate of drug-likeness (QED) is 0.575. The van der Waals surface area contributed by atoms with Crippen molar-refractivity contribution in [1.29, 1.82) is 0 Å². The first-order valence-corrected chi connectivity index (χ1v) is 5.54. The summed E-state index contributed by atoms with van der Waals surface area (Å²) in [5, 5.41) is 0. The van der Waals surface area contributed by atoms with E-state index in [2.05, 4.69) is 20.4 Å². The van der Waals surface area contributed by atoms with E-state index in [1.165, 1.54) is 32.1 Å². The first-order chi connectivity index (χ1) is 6.10. The van der Waals surface area contributed by atoms with Crippen LogP contribution in [0, 0.1) is 11.3 Å². The Labute approximate surface area is 84.2 Å². The standard InChI is InChI=1S/C12H21B/c1-4-11(10(2)13)12(3)8-6-5-7-9-12/h11H,2,4-9H2,1,3H3. The SMILES string of the molecule is [B]C(=C)C(CC)C1(C)CCCCC1. The van der Waals surface area contributed by atoms with Gasteiger partial charge < -0.3 is 0 Å². The maximum absolute atomic E-state index is 5.87. The Kier molecular flexibility index (Phi) is 3.64. The topological polar surface area (TPSA) is 0 Å². The van der Waals surface area contributed by atoms with Crippen LogP contribution in [0.3, 0.4) is 0 Å². The van der Waals surface area contributed by atoms with Crippen LogP contribution in [0.15, 0.2) is 12.1 Å². The van der Waals surface area contributed by atoms with Gasteiger partial charge in [0.2, 0.25) is 0 Å². The van der Waals surface area contributed by atoms with Crippen LogP contribution in [-0.4, -0.2) is 7.85 Å². The molecule has 0 saturated heterocycles. The summed E-state index contributed by atoms with van der Waals surface area (Å²) in [6.45, 7) is 8.54. The van der Waals surface area contributed by atoms with E-state index in [9.17, 15) is 0 Å². The molecule has 0 aliphatic heterocycles. The fourth-order valence-electron chi connectivity index (χ4n) is 2.91. The summed E-state index contributed by atoms with van der Waals surface area (Å²) in [6, 6.07) is 0. The molecule has 13 heavy (non-hydrogen) atoms. The third-order valence-electron chi connectivity index (χ3n) is 3.69. The lowest BCUT2D eigenvalue weighted by Gasteiger charge is -2.41. The van der Waals surface area contributed by atoms with Crippen molar-refractivity contribution in [3.05, 3.63) is 12.1 Å². The first kappa shape index (κ1) is 10.9. The number of rotatable bonds is 3. The molecule has 1 aliphatic rings. The highest BCUT2D eigenvalue weighted by Gasteiger charge is 2.33. The number of hydrogen-bond donors (Lipinski definition) is 0. The highest BCUT2D eigenvalue weighted by Crippen LogP contribution is 2.45. The van der Waals surface area contributed by atoms with Crippen LogP contribution in [0.4, 0.5) is 0 Å². The van der Waals surface area contributed by atoms with Gasteiger partial charge in [-0.05, 0) is 30.6 Å². The minimum absolute atomic E-state index is 0.443. The third kappa shape index (κ3) is 2.39. The molecule has 0 N–H and O–H groups in total. The molecular formula is C12H21B. The van der Waals surface area contributed by atoms with Crippen molar-refractivity contribution >= 4 is 7.85 Å². The molecule has 0 spiro atoms. The van der Waals surface area contributed by atoms with Gasteiger partial charge in [-0.2, -0.15) is 0 Å². The summed E-state index contributed by atoms with van der Waals surface area (Å²) in [4.78, 5) is 0. The predicted molar refractivity (Wildman–Crippen MR) is 59.9 cm³/mol. The van der Waals surface area contributed by atoms with Crippen LogP contribution in [0.5, 0.6) is 0 Å². The van der Waals surface area contributed by atoms with Crippen molar-refractivity contribution in [3.8, 4) is 0 Å². The van der Waals surface area contributed by atoms with Gasteiger partial charge >= 0.3 is 0 Å². The maximum atomic E-state index is 5.87. The second-order valence-corrected chi connectivity index (χ2v) is 4.75. The molecule has 0 heterocycles. The largest absolute Gasteiger partial charge is 0.121 e. The second-order valence-electron chi connectivity index (χ2n) is 4.75. The molecule has 0 aromatic heterocycles. The molecule has 72 valence electrons.